The SMILES string of the molecule is Cn1nnc2c(C(N)=O)ncn2c1=O.NC(=O)c1ncn2c(=O)n(CCCl)nnc12. The summed E-state index contributed by atoms with van der Waals surface area (Å²) in [5.74, 6) is -1.27. The highest BCUT2D eigenvalue weighted by atomic mass is 35.5. The van der Waals surface area contributed by atoms with Gasteiger partial charge >= 0.3 is 11.4 Å². The highest BCUT2D eigenvalue weighted by molar-refractivity contribution is 6.17. The molecule has 0 fully saturated rings. The van der Waals surface area contributed by atoms with Gasteiger partial charge in [0.25, 0.3) is 11.8 Å². The number of imidazole rings is 2. The molecule has 0 saturated heterocycles. The molecular formula is C13H13ClN12O4. The Hall–Kier alpha value is -4.21. The van der Waals surface area contributed by atoms with E-state index in [1.54, 1.807) is 0 Å². The zero-order valence-corrected chi connectivity index (χ0v) is 16.0. The molecule has 4 aromatic rings. The van der Waals surface area contributed by atoms with Crippen LogP contribution in [-0.2, 0) is 13.6 Å². The third kappa shape index (κ3) is 3.58. The van der Waals surface area contributed by atoms with Crippen molar-refractivity contribution in [1.82, 2.24) is 48.8 Å². The van der Waals surface area contributed by atoms with Gasteiger partial charge in [0.2, 0.25) is 0 Å². The lowest BCUT2D eigenvalue weighted by Gasteiger charge is -2.00. The Morgan fingerprint density at radius 3 is 1.93 bits per heavy atom. The summed E-state index contributed by atoms with van der Waals surface area (Å²) in [4.78, 5) is 52.3. The Morgan fingerprint density at radius 2 is 1.43 bits per heavy atom. The highest BCUT2D eigenvalue weighted by Crippen LogP contribution is 2.01. The van der Waals surface area contributed by atoms with Crippen LogP contribution >= 0.6 is 11.6 Å². The van der Waals surface area contributed by atoms with E-state index in [2.05, 4.69) is 30.6 Å². The molecule has 0 aliphatic heterocycles. The van der Waals surface area contributed by atoms with Crippen molar-refractivity contribution in [1.29, 1.82) is 0 Å². The van der Waals surface area contributed by atoms with E-state index in [9.17, 15) is 19.2 Å². The summed E-state index contributed by atoms with van der Waals surface area (Å²) in [6.07, 6.45) is 2.36. The van der Waals surface area contributed by atoms with Crippen LogP contribution in [0.3, 0.4) is 0 Å². The Kier molecular flexibility index (Phi) is 5.50. The summed E-state index contributed by atoms with van der Waals surface area (Å²) in [6, 6.07) is 0. The molecule has 4 rings (SSSR count). The first-order valence-corrected chi connectivity index (χ1v) is 8.53. The first kappa shape index (κ1) is 20.5. The van der Waals surface area contributed by atoms with Gasteiger partial charge < -0.3 is 11.5 Å². The van der Waals surface area contributed by atoms with Crippen LogP contribution in [0.5, 0.6) is 0 Å². The van der Waals surface area contributed by atoms with Crippen LogP contribution in [0.2, 0.25) is 0 Å². The van der Waals surface area contributed by atoms with Crippen LogP contribution in [0, 0.1) is 0 Å². The van der Waals surface area contributed by atoms with Crippen LogP contribution in [-0.4, -0.2) is 66.5 Å². The maximum atomic E-state index is 11.7. The van der Waals surface area contributed by atoms with Gasteiger partial charge in [0.1, 0.15) is 12.7 Å². The Labute approximate surface area is 169 Å². The van der Waals surface area contributed by atoms with Crippen LogP contribution in [0.1, 0.15) is 21.0 Å². The number of carbonyl (C=O) groups is 2. The lowest BCUT2D eigenvalue weighted by atomic mass is 10.4. The Balaban J connectivity index is 0.000000172. The maximum absolute atomic E-state index is 11.7. The van der Waals surface area contributed by atoms with E-state index in [1.165, 1.54) is 19.7 Å². The molecule has 2 amide bonds. The summed E-state index contributed by atoms with van der Waals surface area (Å²) < 4.78 is 4.30. The van der Waals surface area contributed by atoms with E-state index in [0.29, 0.717) is 0 Å². The molecule has 30 heavy (non-hydrogen) atoms. The second kappa shape index (κ2) is 8.03. The number of hydrogen-bond donors (Lipinski definition) is 2. The van der Waals surface area contributed by atoms with Crippen molar-refractivity contribution in [2.75, 3.05) is 5.88 Å². The van der Waals surface area contributed by atoms with Crippen molar-refractivity contribution in [3.63, 3.8) is 0 Å². The third-order valence-corrected chi connectivity index (χ3v) is 3.85. The predicted octanol–water partition coefficient (Wildman–Crippen LogP) is -3.45. The lowest BCUT2D eigenvalue weighted by Crippen LogP contribution is -2.30. The van der Waals surface area contributed by atoms with E-state index in [-0.39, 0.29) is 35.1 Å². The quantitative estimate of drug-likeness (QED) is 0.301. The van der Waals surface area contributed by atoms with E-state index in [0.717, 1.165) is 18.2 Å². The fourth-order valence-electron chi connectivity index (χ4n) is 2.29. The van der Waals surface area contributed by atoms with Gasteiger partial charge in [0.05, 0.1) is 6.54 Å². The number of aromatic nitrogens is 10. The van der Waals surface area contributed by atoms with Crippen molar-refractivity contribution in [2.24, 2.45) is 18.5 Å². The minimum Gasteiger partial charge on any atom is -0.364 e. The Bertz CT molecular complexity index is 1380. The van der Waals surface area contributed by atoms with Crippen molar-refractivity contribution in [2.45, 2.75) is 6.54 Å². The molecule has 0 aliphatic rings. The largest absolute Gasteiger partial charge is 0.364 e. The fourth-order valence-corrected chi connectivity index (χ4v) is 2.45. The van der Waals surface area contributed by atoms with Crippen molar-refractivity contribution < 1.29 is 9.59 Å². The molecular weight excluding hydrogens is 424 g/mol. The summed E-state index contributed by atoms with van der Waals surface area (Å²) in [5.41, 5.74) is 9.15. The molecule has 4 aromatic heterocycles. The smallest absolute Gasteiger partial charge is 0.353 e. The summed E-state index contributed by atoms with van der Waals surface area (Å²) >= 11 is 5.49. The lowest BCUT2D eigenvalue weighted by molar-refractivity contribution is 0.0989. The van der Waals surface area contributed by atoms with Crippen LogP contribution in [0.25, 0.3) is 11.3 Å². The molecule has 0 spiro atoms. The number of carbonyl (C=O) groups excluding carboxylic acids is 2. The molecule has 156 valence electrons. The average molecular weight is 437 g/mol. The topological polar surface area (TPSA) is 216 Å². The minimum atomic E-state index is -0.758. The second-order valence-electron chi connectivity index (χ2n) is 5.58. The monoisotopic (exact) mass is 436 g/mol. The van der Waals surface area contributed by atoms with Crippen molar-refractivity contribution in [3.05, 3.63) is 45.0 Å². The maximum Gasteiger partial charge on any atom is 0.353 e. The van der Waals surface area contributed by atoms with Gasteiger partial charge in [-0.2, -0.15) is 9.36 Å². The predicted molar refractivity (Wildman–Crippen MR) is 98.8 cm³/mol. The molecule has 4 N–H and O–H groups in total. The van der Waals surface area contributed by atoms with Gasteiger partial charge in [0.15, 0.2) is 22.7 Å². The average Bonchev–Trinajstić information content (AvgIpc) is 3.32. The van der Waals surface area contributed by atoms with Gasteiger partial charge in [-0.1, -0.05) is 10.4 Å². The number of amides is 2. The number of alkyl halides is 1. The molecule has 0 radical (unpaired) electrons. The number of nitrogens with zero attached hydrogens (tertiary/aromatic N) is 10. The summed E-state index contributed by atoms with van der Waals surface area (Å²) in [5, 5.41) is 14.5. The zero-order valence-electron chi connectivity index (χ0n) is 15.2. The number of fused-ring (bicyclic) bond motifs is 2. The van der Waals surface area contributed by atoms with E-state index >= 15 is 0 Å². The number of nitrogens with two attached hydrogens (primary N) is 2. The van der Waals surface area contributed by atoms with Crippen molar-refractivity contribution in [3.8, 4) is 0 Å². The van der Waals surface area contributed by atoms with Gasteiger partial charge in [-0.3, -0.25) is 9.59 Å². The van der Waals surface area contributed by atoms with Gasteiger partial charge in [-0.15, -0.1) is 21.8 Å². The van der Waals surface area contributed by atoms with Crippen molar-refractivity contribution >= 4 is 34.7 Å². The number of aryl methyl sites for hydroxylation is 2. The molecule has 17 heteroatoms. The fraction of sp³-hybridized carbons (Fsp3) is 0.231. The molecule has 0 aromatic carbocycles. The van der Waals surface area contributed by atoms with E-state index in [4.69, 9.17) is 23.1 Å². The highest BCUT2D eigenvalue weighted by Gasteiger charge is 2.15. The summed E-state index contributed by atoms with van der Waals surface area (Å²) in [6.45, 7) is 0.230. The first-order valence-electron chi connectivity index (χ1n) is 7.99. The number of rotatable bonds is 4. The minimum absolute atomic E-state index is 0.0447. The molecule has 0 unspecified atom stereocenters. The van der Waals surface area contributed by atoms with Crippen LogP contribution < -0.4 is 22.8 Å². The number of hydrogen-bond acceptors (Lipinski definition) is 10. The van der Waals surface area contributed by atoms with Gasteiger partial charge in [-0.25, -0.2) is 28.4 Å². The van der Waals surface area contributed by atoms with E-state index in [1.807, 2.05) is 0 Å². The molecule has 16 nitrogen and oxygen atoms in total. The first-order chi connectivity index (χ1) is 14.3. The van der Waals surface area contributed by atoms with Crippen LogP contribution in [0.15, 0.2) is 22.2 Å². The normalized spacial score (nSPS) is 10.7. The molecule has 0 atom stereocenters. The van der Waals surface area contributed by atoms with E-state index < -0.39 is 23.2 Å². The zero-order chi connectivity index (χ0) is 22.0. The van der Waals surface area contributed by atoms with Crippen LogP contribution in [0.4, 0.5) is 0 Å². The molecule has 0 bridgehead atoms. The summed E-state index contributed by atoms with van der Waals surface area (Å²) in [7, 11) is 1.44. The standard InChI is InChI=1S/C7H7ClN6O2.C6H6N6O2/c8-1-2-14-7(16)13-3-10-4(5(9)15)6(13)11-12-14;1-11-6(14)12-2-8-3(4(7)13)5(12)9-10-11/h3H,1-2H2,(H2,9,15);2H,1H3,(H2,7,13). The number of halogens is 1. The molecule has 0 saturated carbocycles. The van der Waals surface area contributed by atoms with Gasteiger partial charge in [0, 0.05) is 12.9 Å². The second-order valence-corrected chi connectivity index (χ2v) is 5.96. The Morgan fingerprint density at radius 1 is 0.933 bits per heavy atom. The molecule has 4 heterocycles. The van der Waals surface area contributed by atoms with Gasteiger partial charge in [-0.05, 0) is 0 Å². The third-order valence-electron chi connectivity index (χ3n) is 3.68. The molecule has 0 aliphatic carbocycles. The number of primary amides is 2.